The molecule has 0 aliphatic carbocycles. The summed E-state index contributed by atoms with van der Waals surface area (Å²) in [6.45, 7) is 6.33. The summed E-state index contributed by atoms with van der Waals surface area (Å²) in [5.74, 6) is -1.07. The van der Waals surface area contributed by atoms with Crippen molar-refractivity contribution in [1.82, 2.24) is 14.5 Å². The number of halogens is 1. The van der Waals surface area contributed by atoms with E-state index in [9.17, 15) is 19.1 Å². The Labute approximate surface area is 202 Å². The maximum Gasteiger partial charge on any atom is 0.343 e. The number of cyclic esters (lactones) is 1. The molecule has 5 heterocycles. The first-order valence-corrected chi connectivity index (χ1v) is 12.3. The third-order valence-electron chi connectivity index (χ3n) is 7.92. The van der Waals surface area contributed by atoms with Crippen molar-refractivity contribution in [2.75, 3.05) is 13.1 Å². The molecule has 0 unspecified atom stereocenters. The van der Waals surface area contributed by atoms with Crippen LogP contribution in [0.15, 0.2) is 23.0 Å². The number of aliphatic hydroxyl groups is 1. The molecule has 1 aromatic carbocycles. The lowest BCUT2D eigenvalue weighted by Gasteiger charge is -2.31. The first-order chi connectivity index (χ1) is 16.8. The van der Waals surface area contributed by atoms with Crippen molar-refractivity contribution >= 4 is 16.9 Å². The van der Waals surface area contributed by atoms with E-state index in [1.165, 1.54) is 12.5 Å². The average Bonchev–Trinajstić information content (AvgIpc) is 3.22. The van der Waals surface area contributed by atoms with E-state index in [-0.39, 0.29) is 30.0 Å². The number of hydrogen-bond donors (Lipinski definition) is 1. The molecule has 0 amide bonds. The third kappa shape index (κ3) is 3.27. The Morgan fingerprint density at radius 3 is 2.66 bits per heavy atom. The largest absolute Gasteiger partial charge is 0.458 e. The lowest BCUT2D eigenvalue weighted by molar-refractivity contribution is -0.172. The van der Waals surface area contributed by atoms with Crippen LogP contribution in [0.4, 0.5) is 4.39 Å². The van der Waals surface area contributed by atoms with Crippen molar-refractivity contribution in [2.24, 2.45) is 0 Å². The van der Waals surface area contributed by atoms with Crippen molar-refractivity contribution in [3.8, 4) is 11.4 Å². The van der Waals surface area contributed by atoms with E-state index in [2.05, 4.69) is 4.90 Å². The number of nitrogens with zero attached hydrogens (tertiary/aromatic N) is 3. The molecule has 182 valence electrons. The quantitative estimate of drug-likeness (QED) is 0.455. The topological polar surface area (TPSA) is 84.7 Å². The van der Waals surface area contributed by atoms with Crippen LogP contribution in [0.3, 0.4) is 0 Å². The van der Waals surface area contributed by atoms with E-state index in [1.54, 1.807) is 24.5 Å². The molecule has 0 bridgehead atoms. The fourth-order valence-corrected chi connectivity index (χ4v) is 5.81. The number of aryl methyl sites for hydroxylation is 1. The Morgan fingerprint density at radius 1 is 1.14 bits per heavy atom. The molecular weight excluding hydrogens is 449 g/mol. The first-order valence-electron chi connectivity index (χ1n) is 12.3. The van der Waals surface area contributed by atoms with Gasteiger partial charge in [-0.2, -0.15) is 0 Å². The molecule has 1 N–H and O–H groups in total. The number of rotatable bonds is 3. The molecule has 1 saturated heterocycles. The number of likely N-dealkylation sites (tertiary alicyclic amines) is 1. The van der Waals surface area contributed by atoms with Crippen molar-refractivity contribution in [2.45, 2.75) is 64.8 Å². The predicted octanol–water partition coefficient (Wildman–Crippen LogP) is 3.51. The fraction of sp³-hybridized carbons (Fsp3) is 0.444. The molecule has 7 nitrogen and oxygen atoms in total. The smallest absolute Gasteiger partial charge is 0.343 e. The summed E-state index contributed by atoms with van der Waals surface area (Å²) in [6, 6.07) is 5.03. The lowest BCUT2D eigenvalue weighted by Crippen LogP contribution is -2.44. The average molecular weight is 478 g/mol. The molecule has 3 aromatic rings. The van der Waals surface area contributed by atoms with E-state index in [1.807, 2.05) is 6.07 Å². The maximum absolute atomic E-state index is 14.6. The van der Waals surface area contributed by atoms with Gasteiger partial charge in [-0.25, -0.2) is 14.2 Å². The van der Waals surface area contributed by atoms with E-state index < -0.39 is 11.6 Å². The molecule has 3 aliphatic heterocycles. The molecule has 0 radical (unpaired) electrons. The van der Waals surface area contributed by atoms with E-state index in [4.69, 9.17) is 9.72 Å². The van der Waals surface area contributed by atoms with Gasteiger partial charge in [0.25, 0.3) is 5.56 Å². The van der Waals surface area contributed by atoms with E-state index in [0.29, 0.717) is 41.1 Å². The monoisotopic (exact) mass is 477 g/mol. The van der Waals surface area contributed by atoms with Gasteiger partial charge < -0.3 is 14.4 Å². The molecule has 2 aromatic heterocycles. The molecule has 35 heavy (non-hydrogen) atoms. The zero-order valence-electron chi connectivity index (χ0n) is 20.0. The number of carbonyl (C=O) groups excluding carboxylic acids is 1. The van der Waals surface area contributed by atoms with Gasteiger partial charge in [-0.3, -0.25) is 9.69 Å². The van der Waals surface area contributed by atoms with Crippen LogP contribution in [0.5, 0.6) is 0 Å². The highest BCUT2D eigenvalue weighted by atomic mass is 19.1. The molecule has 6 rings (SSSR count). The van der Waals surface area contributed by atoms with Crippen LogP contribution < -0.4 is 5.56 Å². The predicted molar refractivity (Wildman–Crippen MR) is 128 cm³/mol. The van der Waals surface area contributed by atoms with Crippen molar-refractivity contribution in [3.05, 3.63) is 62.2 Å². The molecule has 0 saturated carbocycles. The van der Waals surface area contributed by atoms with Crippen LogP contribution in [0, 0.1) is 12.7 Å². The summed E-state index contributed by atoms with van der Waals surface area (Å²) < 4.78 is 21.4. The summed E-state index contributed by atoms with van der Waals surface area (Å²) in [4.78, 5) is 33.2. The molecule has 0 spiro atoms. The van der Waals surface area contributed by atoms with Gasteiger partial charge in [0.1, 0.15) is 12.4 Å². The molecule has 8 heteroatoms. The lowest BCUT2D eigenvalue weighted by atomic mass is 9.86. The maximum atomic E-state index is 14.6. The molecule has 1 fully saturated rings. The number of fused-ring (bicyclic) bond motifs is 5. The SMILES string of the molecule is CC[C@@]1(O)C(=O)OCc2c1cc1n(c2=O)Cc2c-1nc1cc(F)c(C)cc1c2CN1CCCCC1. The normalized spacial score (nSPS) is 21.5. The number of ether oxygens (including phenoxy) is 1. The van der Waals surface area contributed by atoms with Crippen molar-refractivity contribution < 1.29 is 19.0 Å². The van der Waals surface area contributed by atoms with Crippen LogP contribution in [0.25, 0.3) is 22.3 Å². The highest BCUT2D eigenvalue weighted by Crippen LogP contribution is 2.41. The zero-order chi connectivity index (χ0) is 24.5. The molecule has 1 atom stereocenters. The second-order valence-corrected chi connectivity index (χ2v) is 9.98. The van der Waals surface area contributed by atoms with E-state index in [0.717, 1.165) is 42.4 Å². The van der Waals surface area contributed by atoms with Crippen LogP contribution >= 0.6 is 0 Å². The molecular formula is C27H28FN3O4. The standard InChI is InChI=1S/C27H28FN3O4/c1-3-27(34)20-10-23-24-18(13-31(23)25(32)19(20)14-35-26(27)33)17(12-30-7-5-4-6-8-30)16-9-15(2)21(28)11-22(16)29-24/h9-11,34H,3-8,12-14H2,1-2H3/t27-/m0/s1. The second kappa shape index (κ2) is 7.96. The number of pyridine rings is 2. The second-order valence-electron chi connectivity index (χ2n) is 9.98. The van der Waals surface area contributed by atoms with Gasteiger partial charge >= 0.3 is 5.97 Å². The van der Waals surface area contributed by atoms with Gasteiger partial charge in [0.05, 0.1) is 29.0 Å². The summed E-state index contributed by atoms with van der Waals surface area (Å²) in [7, 11) is 0. The van der Waals surface area contributed by atoms with Crippen LogP contribution in [0.1, 0.15) is 60.4 Å². The van der Waals surface area contributed by atoms with Gasteiger partial charge in [0.15, 0.2) is 5.60 Å². The fourth-order valence-electron chi connectivity index (χ4n) is 5.81. The van der Waals surface area contributed by atoms with Gasteiger partial charge in [-0.05, 0) is 62.5 Å². The Balaban J connectivity index is 1.60. The Bertz CT molecular complexity index is 1460. The van der Waals surface area contributed by atoms with Gasteiger partial charge in [-0.1, -0.05) is 13.3 Å². The highest BCUT2D eigenvalue weighted by molar-refractivity contribution is 5.89. The van der Waals surface area contributed by atoms with Crippen LogP contribution in [0.2, 0.25) is 0 Å². The summed E-state index contributed by atoms with van der Waals surface area (Å²) in [5, 5.41) is 12.0. The minimum absolute atomic E-state index is 0.0877. The minimum atomic E-state index is -1.87. The number of aromatic nitrogens is 2. The van der Waals surface area contributed by atoms with Crippen molar-refractivity contribution in [3.63, 3.8) is 0 Å². The summed E-state index contributed by atoms with van der Waals surface area (Å²) >= 11 is 0. The van der Waals surface area contributed by atoms with Gasteiger partial charge in [-0.15, -0.1) is 0 Å². The van der Waals surface area contributed by atoms with Gasteiger partial charge in [0.2, 0.25) is 0 Å². The Hall–Kier alpha value is -3.10. The van der Waals surface area contributed by atoms with Gasteiger partial charge in [0, 0.05) is 29.1 Å². The number of piperidine rings is 1. The third-order valence-corrected chi connectivity index (χ3v) is 7.92. The molecule has 3 aliphatic rings. The zero-order valence-corrected chi connectivity index (χ0v) is 20.0. The number of esters is 1. The Morgan fingerprint density at radius 2 is 1.91 bits per heavy atom. The number of hydrogen-bond acceptors (Lipinski definition) is 6. The van der Waals surface area contributed by atoms with Crippen LogP contribution in [-0.2, 0) is 34.8 Å². The van der Waals surface area contributed by atoms with Crippen molar-refractivity contribution in [1.29, 1.82) is 0 Å². The minimum Gasteiger partial charge on any atom is -0.458 e. The summed E-state index contributed by atoms with van der Waals surface area (Å²) in [6.07, 6.45) is 3.61. The summed E-state index contributed by atoms with van der Waals surface area (Å²) in [5.41, 5.74) is 2.71. The van der Waals surface area contributed by atoms with E-state index >= 15 is 0 Å². The highest BCUT2D eigenvalue weighted by Gasteiger charge is 2.45. The number of benzene rings is 1. The van der Waals surface area contributed by atoms with Crippen LogP contribution in [-0.4, -0.2) is 38.6 Å². The number of carbonyl (C=O) groups is 1. The first kappa shape index (κ1) is 22.4. The Kier molecular flexibility index (Phi) is 5.09.